The van der Waals surface area contributed by atoms with Crippen molar-refractivity contribution in [3.63, 3.8) is 0 Å². The molecule has 0 amide bonds. The van der Waals surface area contributed by atoms with E-state index in [9.17, 15) is 8.42 Å². The Bertz CT molecular complexity index is 215. The van der Waals surface area contributed by atoms with Gasteiger partial charge in [-0.15, -0.1) is 4.15 Å². The van der Waals surface area contributed by atoms with Gasteiger partial charge in [-0.25, -0.2) is 8.42 Å². The van der Waals surface area contributed by atoms with E-state index in [0.29, 0.717) is 0 Å². The highest BCUT2D eigenvalue weighted by molar-refractivity contribution is 7.91. The van der Waals surface area contributed by atoms with Crippen molar-refractivity contribution in [1.82, 2.24) is 0 Å². The molecule has 0 bridgehead atoms. The Morgan fingerprint density at radius 1 is 1.30 bits per heavy atom. The molecule has 0 unspecified atom stereocenters. The van der Waals surface area contributed by atoms with Crippen molar-refractivity contribution in [1.29, 1.82) is 0 Å². The minimum absolute atomic E-state index is 0.996. The first-order chi connectivity index (χ1) is 4.49. The summed E-state index contributed by atoms with van der Waals surface area (Å²) >= 11 is 0. The third-order valence-corrected chi connectivity index (χ3v) is 3.21. The lowest BCUT2D eigenvalue weighted by atomic mass is 11.8. The van der Waals surface area contributed by atoms with Gasteiger partial charge in [0.25, 0.3) is 10.0 Å². The van der Waals surface area contributed by atoms with Crippen LogP contribution in [-0.4, -0.2) is 28.9 Å². The van der Waals surface area contributed by atoms with E-state index in [4.69, 9.17) is 0 Å². The quantitative estimate of drug-likeness (QED) is 0.602. The molecule has 62 valence electrons. The fourth-order valence-corrected chi connectivity index (χ4v) is 2.14. The van der Waals surface area contributed by atoms with Crippen molar-refractivity contribution < 1.29 is 17.5 Å². The summed E-state index contributed by atoms with van der Waals surface area (Å²) in [5, 5.41) is 0. The summed E-state index contributed by atoms with van der Waals surface area (Å²) < 4.78 is 33.4. The Balaban J connectivity index is 4.42. The van der Waals surface area contributed by atoms with Gasteiger partial charge in [-0.1, -0.05) is 0 Å². The summed E-state index contributed by atoms with van der Waals surface area (Å²) in [6.07, 6.45) is 0.996. The van der Waals surface area contributed by atoms with Gasteiger partial charge in [0.2, 0.25) is 8.17 Å². The maximum Gasteiger partial charge on any atom is 0.252 e. The SMILES string of the molecule is CO[PH](=NS(C)(=O)=O)OC. The van der Waals surface area contributed by atoms with Gasteiger partial charge in [0.15, 0.2) is 0 Å². The van der Waals surface area contributed by atoms with Crippen LogP contribution in [0.4, 0.5) is 0 Å². The lowest BCUT2D eigenvalue weighted by Gasteiger charge is -1.99. The second kappa shape index (κ2) is 4.08. The molecule has 0 aromatic rings. The van der Waals surface area contributed by atoms with Crippen molar-refractivity contribution in [3.8, 4) is 0 Å². The molecule has 0 heterocycles. The van der Waals surface area contributed by atoms with Crippen LogP contribution in [0.2, 0.25) is 0 Å². The Kier molecular flexibility index (Phi) is 4.12. The molecule has 0 fully saturated rings. The predicted molar refractivity (Wildman–Crippen MR) is 39.6 cm³/mol. The van der Waals surface area contributed by atoms with Gasteiger partial charge < -0.3 is 9.05 Å². The molecule has 5 nitrogen and oxygen atoms in total. The highest BCUT2D eigenvalue weighted by Crippen LogP contribution is 2.26. The summed E-state index contributed by atoms with van der Waals surface area (Å²) in [5.74, 6) is 0. The highest BCUT2D eigenvalue weighted by atomic mass is 32.2. The third kappa shape index (κ3) is 4.93. The van der Waals surface area contributed by atoms with Crippen LogP contribution in [0.15, 0.2) is 4.15 Å². The normalized spacial score (nSPS) is 12.0. The molecular weight excluding hydrogens is 177 g/mol. The summed E-state index contributed by atoms with van der Waals surface area (Å²) in [6, 6.07) is 0. The molecule has 0 aliphatic heterocycles. The Morgan fingerprint density at radius 2 is 1.70 bits per heavy atom. The van der Waals surface area contributed by atoms with Crippen LogP contribution < -0.4 is 0 Å². The van der Waals surface area contributed by atoms with E-state index in [2.05, 4.69) is 13.2 Å². The summed E-state index contributed by atoms with van der Waals surface area (Å²) in [5.41, 5.74) is 0. The predicted octanol–water partition coefficient (Wildman–Crippen LogP) is 0.467. The molecule has 10 heavy (non-hydrogen) atoms. The largest absolute Gasteiger partial charge is 0.329 e. The molecule has 0 aliphatic rings. The standard InChI is InChI=1S/C3H10NO4PS/c1-7-9(8-2)4-10(3,5)6/h9H,1-3H3. The molecule has 0 N–H and O–H groups in total. The molecular formula is C3H10NO4PS. The third-order valence-electron chi connectivity index (χ3n) is 0.590. The Morgan fingerprint density at radius 3 is 1.80 bits per heavy atom. The van der Waals surface area contributed by atoms with E-state index in [-0.39, 0.29) is 0 Å². The molecule has 0 aromatic carbocycles. The van der Waals surface area contributed by atoms with Crippen molar-refractivity contribution in [2.45, 2.75) is 0 Å². The average molecular weight is 187 g/mol. The lowest BCUT2D eigenvalue weighted by molar-refractivity contribution is 0.352. The molecule has 0 rings (SSSR count). The van der Waals surface area contributed by atoms with Crippen molar-refractivity contribution >= 4 is 18.2 Å². The molecule has 7 heteroatoms. The van der Waals surface area contributed by atoms with Gasteiger partial charge >= 0.3 is 0 Å². The summed E-state index contributed by atoms with van der Waals surface area (Å²) in [6.45, 7) is 0. The molecule has 0 spiro atoms. The van der Waals surface area contributed by atoms with Crippen LogP contribution >= 0.6 is 8.17 Å². The topological polar surface area (TPSA) is 65.0 Å². The maximum atomic E-state index is 10.5. The highest BCUT2D eigenvalue weighted by Gasteiger charge is 1.98. The first-order valence-electron chi connectivity index (χ1n) is 2.37. The van der Waals surface area contributed by atoms with Crippen LogP contribution in [0.5, 0.6) is 0 Å². The van der Waals surface area contributed by atoms with E-state index in [1.807, 2.05) is 0 Å². The molecule has 0 atom stereocenters. The Labute approximate surface area is 61.0 Å². The maximum absolute atomic E-state index is 10.5. The minimum atomic E-state index is -3.33. The average Bonchev–Trinajstić information content (AvgIpc) is 1.81. The van der Waals surface area contributed by atoms with E-state index in [0.717, 1.165) is 6.26 Å². The molecule has 0 radical (unpaired) electrons. The smallest absolute Gasteiger partial charge is 0.252 e. The van der Waals surface area contributed by atoms with Gasteiger partial charge in [-0.2, -0.15) is 0 Å². The second-order valence-corrected chi connectivity index (χ2v) is 5.04. The van der Waals surface area contributed by atoms with E-state index < -0.39 is 18.2 Å². The zero-order valence-electron chi connectivity index (χ0n) is 5.99. The van der Waals surface area contributed by atoms with Crippen LogP contribution in [-0.2, 0) is 19.1 Å². The van der Waals surface area contributed by atoms with Gasteiger partial charge in [0, 0.05) is 14.2 Å². The lowest BCUT2D eigenvalue weighted by Crippen LogP contribution is -1.87. The number of hydrogen-bond donors (Lipinski definition) is 0. The zero-order valence-corrected chi connectivity index (χ0v) is 7.80. The second-order valence-electron chi connectivity index (χ2n) is 1.50. The van der Waals surface area contributed by atoms with Crippen molar-refractivity contribution in [3.05, 3.63) is 0 Å². The minimum Gasteiger partial charge on any atom is -0.329 e. The number of sulfonamides is 1. The first-order valence-corrected chi connectivity index (χ1v) is 5.48. The number of rotatable bonds is 3. The number of nitrogens with zero attached hydrogens (tertiary/aromatic N) is 1. The van der Waals surface area contributed by atoms with Crippen LogP contribution in [0.1, 0.15) is 0 Å². The zero-order chi connectivity index (χ0) is 8.20. The fourth-order valence-electron chi connectivity index (χ4n) is 0.293. The van der Waals surface area contributed by atoms with E-state index in [1.54, 1.807) is 0 Å². The van der Waals surface area contributed by atoms with Crippen LogP contribution in [0.25, 0.3) is 0 Å². The summed E-state index contributed by atoms with van der Waals surface area (Å²) in [7, 11) is -2.56. The van der Waals surface area contributed by atoms with Crippen molar-refractivity contribution in [2.24, 2.45) is 4.15 Å². The molecule has 0 aliphatic carbocycles. The fraction of sp³-hybridized carbons (Fsp3) is 1.00. The van der Waals surface area contributed by atoms with Crippen LogP contribution in [0, 0.1) is 0 Å². The van der Waals surface area contributed by atoms with E-state index >= 15 is 0 Å². The first kappa shape index (κ1) is 10.1. The van der Waals surface area contributed by atoms with Crippen molar-refractivity contribution in [2.75, 3.05) is 20.5 Å². The Hall–Kier alpha value is 0.100. The molecule has 0 saturated carbocycles. The van der Waals surface area contributed by atoms with Gasteiger partial charge in [-0.3, -0.25) is 0 Å². The van der Waals surface area contributed by atoms with E-state index in [1.165, 1.54) is 14.2 Å². The summed E-state index contributed by atoms with van der Waals surface area (Å²) in [4.78, 5) is 0. The van der Waals surface area contributed by atoms with Crippen LogP contribution in [0.3, 0.4) is 0 Å². The monoisotopic (exact) mass is 187 g/mol. The van der Waals surface area contributed by atoms with Gasteiger partial charge in [0.05, 0.1) is 6.26 Å². The molecule has 0 saturated heterocycles. The van der Waals surface area contributed by atoms with Gasteiger partial charge in [0.1, 0.15) is 0 Å². The number of hydrogen-bond acceptors (Lipinski definition) is 4. The van der Waals surface area contributed by atoms with Gasteiger partial charge in [-0.05, 0) is 0 Å². The molecule has 0 aromatic heterocycles.